The van der Waals surface area contributed by atoms with Crippen LogP contribution in [-0.2, 0) is 11.2 Å². The molecule has 2 aromatic carbocycles. The minimum Gasteiger partial charge on any atom is -0.309 e. The first-order chi connectivity index (χ1) is 13.0. The minimum absolute atomic E-state index is 0.0808. The molecule has 0 aromatic heterocycles. The Morgan fingerprint density at radius 2 is 1.81 bits per heavy atom. The van der Waals surface area contributed by atoms with Gasteiger partial charge in [0.1, 0.15) is 0 Å². The Morgan fingerprint density at radius 3 is 2.56 bits per heavy atom. The van der Waals surface area contributed by atoms with Crippen LogP contribution in [0.4, 0.5) is 5.69 Å². The number of carbonyl (C=O) groups excluding carboxylic acids is 2. The van der Waals surface area contributed by atoms with Gasteiger partial charge < -0.3 is 4.90 Å². The normalized spacial score (nSPS) is 28.7. The molecule has 0 radical (unpaired) electrons. The van der Waals surface area contributed by atoms with E-state index in [2.05, 4.69) is 48.2 Å². The lowest BCUT2D eigenvalue weighted by atomic mass is 9.63. The first kappa shape index (κ1) is 16.7. The van der Waals surface area contributed by atoms with E-state index in [9.17, 15) is 9.59 Å². The van der Waals surface area contributed by atoms with Gasteiger partial charge in [0, 0.05) is 23.2 Å². The number of Topliss-reactive ketones (excluding diaryl/α,β-unsaturated/α-hetero) is 1. The maximum atomic E-state index is 13.4. The van der Waals surface area contributed by atoms with Crippen molar-refractivity contribution < 1.29 is 9.59 Å². The molecule has 0 spiro atoms. The van der Waals surface area contributed by atoms with E-state index in [1.807, 2.05) is 6.07 Å². The van der Waals surface area contributed by atoms with Gasteiger partial charge in [-0.05, 0) is 74.3 Å². The second kappa shape index (κ2) is 6.05. The van der Waals surface area contributed by atoms with Crippen molar-refractivity contribution >= 4 is 17.4 Å². The molecule has 3 heteroatoms. The molecule has 2 aliphatic carbocycles. The summed E-state index contributed by atoms with van der Waals surface area (Å²) >= 11 is 0. The van der Waals surface area contributed by atoms with Gasteiger partial charge in [0.05, 0.1) is 0 Å². The Bertz CT molecular complexity index is 930. The summed E-state index contributed by atoms with van der Waals surface area (Å²) in [5, 5.41) is 0. The topological polar surface area (TPSA) is 37.4 Å². The zero-order valence-electron chi connectivity index (χ0n) is 15.9. The minimum atomic E-state index is 0.0808. The summed E-state index contributed by atoms with van der Waals surface area (Å²) < 4.78 is 0. The van der Waals surface area contributed by atoms with E-state index in [1.54, 1.807) is 6.92 Å². The molecule has 1 aliphatic heterocycles. The van der Waals surface area contributed by atoms with Crippen LogP contribution in [0.15, 0.2) is 42.5 Å². The number of carbonyl (C=O) groups is 2. The number of nitrogens with zero attached hydrogens (tertiary/aromatic N) is 1. The van der Waals surface area contributed by atoms with E-state index in [-0.39, 0.29) is 17.7 Å². The maximum absolute atomic E-state index is 13.4. The van der Waals surface area contributed by atoms with Crippen molar-refractivity contribution in [3.05, 3.63) is 64.7 Å². The lowest BCUT2D eigenvalue weighted by molar-refractivity contribution is -0.121. The molecule has 3 nitrogen and oxygen atoms in total. The van der Waals surface area contributed by atoms with Gasteiger partial charge in [0.25, 0.3) is 0 Å². The lowest BCUT2D eigenvalue weighted by Crippen LogP contribution is -2.40. The zero-order chi connectivity index (χ0) is 18.7. The number of rotatable bonds is 2. The van der Waals surface area contributed by atoms with Gasteiger partial charge in [-0.1, -0.05) is 36.2 Å². The largest absolute Gasteiger partial charge is 0.309 e. The van der Waals surface area contributed by atoms with Crippen molar-refractivity contribution in [2.45, 2.75) is 51.5 Å². The van der Waals surface area contributed by atoms with Gasteiger partial charge in [-0.15, -0.1) is 0 Å². The highest BCUT2D eigenvalue weighted by Gasteiger charge is 2.55. The molecule has 1 amide bonds. The van der Waals surface area contributed by atoms with Gasteiger partial charge in [-0.2, -0.15) is 0 Å². The SMILES string of the molecule is CC(=O)c1ccc2c(c1)C1CCCC3C1C(C2)C(=O)N3c1ccc(C)cc1. The Morgan fingerprint density at radius 1 is 1.04 bits per heavy atom. The summed E-state index contributed by atoms with van der Waals surface area (Å²) in [6, 6.07) is 14.8. The first-order valence-electron chi connectivity index (χ1n) is 10.1. The highest BCUT2D eigenvalue weighted by atomic mass is 16.2. The van der Waals surface area contributed by atoms with Crippen LogP contribution >= 0.6 is 0 Å². The van der Waals surface area contributed by atoms with Crippen LogP contribution in [-0.4, -0.2) is 17.7 Å². The molecule has 1 saturated carbocycles. The van der Waals surface area contributed by atoms with Gasteiger partial charge in [0.15, 0.2) is 5.78 Å². The molecule has 138 valence electrons. The summed E-state index contributed by atoms with van der Waals surface area (Å²) in [6.07, 6.45) is 4.16. The van der Waals surface area contributed by atoms with Crippen LogP contribution in [0.2, 0.25) is 0 Å². The molecule has 5 rings (SSSR count). The summed E-state index contributed by atoms with van der Waals surface area (Å²) in [5.74, 6) is 1.27. The highest BCUT2D eigenvalue weighted by Crippen LogP contribution is 2.54. The fraction of sp³-hybridized carbons (Fsp3) is 0.417. The van der Waals surface area contributed by atoms with E-state index >= 15 is 0 Å². The van der Waals surface area contributed by atoms with Crippen LogP contribution in [0.3, 0.4) is 0 Å². The van der Waals surface area contributed by atoms with Crippen LogP contribution in [0, 0.1) is 18.8 Å². The first-order valence-corrected chi connectivity index (χ1v) is 10.1. The van der Waals surface area contributed by atoms with Crippen molar-refractivity contribution in [1.29, 1.82) is 0 Å². The summed E-state index contributed by atoms with van der Waals surface area (Å²) in [6.45, 7) is 3.71. The third-order valence-corrected chi connectivity index (χ3v) is 6.98. The molecule has 3 aliphatic rings. The second-order valence-electron chi connectivity index (χ2n) is 8.51. The predicted molar refractivity (Wildman–Crippen MR) is 106 cm³/mol. The lowest BCUT2D eigenvalue weighted by Gasteiger charge is -2.41. The average Bonchev–Trinajstić information content (AvgIpc) is 2.95. The number of amides is 1. The number of fused-ring (bicyclic) bond motifs is 2. The smallest absolute Gasteiger partial charge is 0.231 e. The van der Waals surface area contributed by atoms with Crippen LogP contribution in [0.1, 0.15) is 59.2 Å². The fourth-order valence-electron chi connectivity index (χ4n) is 5.75. The van der Waals surface area contributed by atoms with E-state index in [4.69, 9.17) is 0 Å². The summed E-state index contributed by atoms with van der Waals surface area (Å²) in [7, 11) is 0. The average molecular weight is 359 g/mol. The van der Waals surface area contributed by atoms with Gasteiger partial charge >= 0.3 is 0 Å². The molecule has 27 heavy (non-hydrogen) atoms. The second-order valence-corrected chi connectivity index (χ2v) is 8.51. The highest BCUT2D eigenvalue weighted by molar-refractivity contribution is 5.99. The Labute approximate surface area is 160 Å². The molecular weight excluding hydrogens is 334 g/mol. The van der Waals surface area contributed by atoms with Gasteiger partial charge in [0.2, 0.25) is 5.91 Å². The van der Waals surface area contributed by atoms with Crippen LogP contribution < -0.4 is 4.90 Å². The molecule has 2 aromatic rings. The molecule has 1 heterocycles. The monoisotopic (exact) mass is 359 g/mol. The molecule has 4 unspecified atom stereocenters. The van der Waals surface area contributed by atoms with Crippen molar-refractivity contribution in [1.82, 2.24) is 0 Å². The molecule has 0 bridgehead atoms. The van der Waals surface area contributed by atoms with Crippen molar-refractivity contribution in [2.75, 3.05) is 4.90 Å². The van der Waals surface area contributed by atoms with E-state index in [1.165, 1.54) is 16.7 Å². The van der Waals surface area contributed by atoms with Crippen molar-refractivity contribution in [3.8, 4) is 0 Å². The van der Waals surface area contributed by atoms with Crippen LogP contribution in [0.25, 0.3) is 0 Å². The predicted octanol–water partition coefficient (Wildman–Crippen LogP) is 4.67. The number of aryl methyl sites for hydroxylation is 1. The zero-order valence-corrected chi connectivity index (χ0v) is 15.9. The third kappa shape index (κ3) is 2.48. The molecular formula is C24H25NO2. The van der Waals surface area contributed by atoms with Gasteiger partial charge in [-0.25, -0.2) is 0 Å². The summed E-state index contributed by atoms with van der Waals surface area (Å²) in [5.41, 5.74) is 5.65. The van der Waals surface area contributed by atoms with E-state index < -0.39 is 0 Å². The molecule has 2 fully saturated rings. The molecule has 4 atom stereocenters. The maximum Gasteiger partial charge on any atom is 0.231 e. The third-order valence-electron chi connectivity index (χ3n) is 6.98. The fourth-order valence-corrected chi connectivity index (χ4v) is 5.75. The number of hydrogen-bond donors (Lipinski definition) is 0. The quantitative estimate of drug-likeness (QED) is 0.731. The number of benzene rings is 2. The molecule has 0 N–H and O–H groups in total. The number of hydrogen-bond acceptors (Lipinski definition) is 2. The van der Waals surface area contributed by atoms with E-state index in [0.29, 0.717) is 17.7 Å². The van der Waals surface area contributed by atoms with Crippen molar-refractivity contribution in [3.63, 3.8) is 0 Å². The Hall–Kier alpha value is -2.42. The standard InChI is InChI=1S/C24H25NO2/c1-14-6-10-18(11-7-14)25-22-5-3-4-19-20-12-16(15(2)26)8-9-17(20)13-21(23(19)22)24(25)27/h6-12,19,21-23H,3-5,13H2,1-2H3. The van der Waals surface area contributed by atoms with Crippen molar-refractivity contribution in [2.24, 2.45) is 11.8 Å². The summed E-state index contributed by atoms with van der Waals surface area (Å²) in [4.78, 5) is 27.4. The molecule has 1 saturated heterocycles. The van der Waals surface area contributed by atoms with Gasteiger partial charge in [-0.3, -0.25) is 9.59 Å². The van der Waals surface area contributed by atoms with Crippen LogP contribution in [0.5, 0.6) is 0 Å². The number of ketones is 1. The number of anilines is 1. The Balaban J connectivity index is 1.58. The van der Waals surface area contributed by atoms with E-state index in [0.717, 1.165) is 36.9 Å². The Kier molecular flexibility index (Phi) is 3.75.